The molecule has 3 heteroatoms. The number of carbonyl (C=O) groups is 1. The molecule has 0 atom stereocenters. The van der Waals surface area contributed by atoms with Crippen molar-refractivity contribution in [2.75, 3.05) is 13.1 Å². The molecule has 1 saturated heterocycles. The molecule has 0 aliphatic carbocycles. The van der Waals surface area contributed by atoms with E-state index >= 15 is 0 Å². The molecule has 1 fully saturated rings. The van der Waals surface area contributed by atoms with Gasteiger partial charge >= 0.3 is 0 Å². The number of benzene rings is 2. The number of carbonyl (C=O) groups excluding carboxylic acids is 1. The Balaban J connectivity index is 1.92. The van der Waals surface area contributed by atoms with Gasteiger partial charge in [-0.3, -0.25) is 4.79 Å². The third-order valence-corrected chi connectivity index (χ3v) is 4.01. The maximum Gasteiger partial charge on any atom is 0.242 e. The van der Waals surface area contributed by atoms with Gasteiger partial charge in [-0.2, -0.15) is 0 Å². The Bertz CT molecular complexity index is 643. The average molecular weight is 268 g/mol. The molecular weight excluding hydrogens is 248 g/mol. The Morgan fingerprint density at radius 1 is 1.15 bits per heavy atom. The van der Waals surface area contributed by atoms with Crippen LogP contribution in [0.15, 0.2) is 42.5 Å². The zero-order chi connectivity index (χ0) is 14.2. The van der Waals surface area contributed by atoms with Gasteiger partial charge in [0.25, 0.3) is 0 Å². The van der Waals surface area contributed by atoms with Crippen molar-refractivity contribution in [3.8, 4) is 0 Å². The highest BCUT2D eigenvalue weighted by molar-refractivity contribution is 5.88. The molecule has 1 N–H and O–H groups in total. The molecule has 1 amide bonds. The maximum atomic E-state index is 12.5. The van der Waals surface area contributed by atoms with Crippen LogP contribution in [0, 0.1) is 0 Å². The highest BCUT2D eigenvalue weighted by atomic mass is 16.2. The largest absolute Gasteiger partial charge is 0.335 e. The normalized spacial score (nSPS) is 18.5. The molecule has 104 valence electrons. The van der Waals surface area contributed by atoms with Gasteiger partial charge in [-0.1, -0.05) is 42.5 Å². The smallest absolute Gasteiger partial charge is 0.242 e. The lowest BCUT2D eigenvalue weighted by molar-refractivity contribution is -0.140. The fraction of sp³-hybridized carbons (Fsp3) is 0.353. The summed E-state index contributed by atoms with van der Waals surface area (Å²) in [5.41, 5.74) is 0.761. The minimum atomic E-state index is -0.456. The minimum Gasteiger partial charge on any atom is -0.335 e. The van der Waals surface area contributed by atoms with E-state index in [0.717, 1.165) is 13.1 Å². The van der Waals surface area contributed by atoms with Crippen molar-refractivity contribution >= 4 is 16.7 Å². The first-order valence-electron chi connectivity index (χ1n) is 7.09. The third kappa shape index (κ3) is 2.29. The van der Waals surface area contributed by atoms with Gasteiger partial charge in [0.15, 0.2) is 0 Å². The summed E-state index contributed by atoms with van der Waals surface area (Å²) in [6, 6.07) is 14.6. The topological polar surface area (TPSA) is 32.3 Å². The van der Waals surface area contributed by atoms with Crippen LogP contribution in [0.1, 0.15) is 19.4 Å². The first kappa shape index (κ1) is 13.1. The summed E-state index contributed by atoms with van der Waals surface area (Å²) in [5.74, 6) is 0.177. The van der Waals surface area contributed by atoms with Crippen LogP contribution in [-0.2, 0) is 11.3 Å². The summed E-state index contributed by atoms with van der Waals surface area (Å²) in [4.78, 5) is 14.4. The number of nitrogens with one attached hydrogen (secondary N) is 1. The minimum absolute atomic E-state index is 0.177. The molecule has 2 aromatic carbocycles. The Kier molecular flexibility index (Phi) is 3.22. The second kappa shape index (κ2) is 4.91. The summed E-state index contributed by atoms with van der Waals surface area (Å²) in [5, 5.41) is 5.73. The van der Waals surface area contributed by atoms with Crippen molar-refractivity contribution in [1.82, 2.24) is 10.2 Å². The molecule has 2 aromatic rings. The molecule has 0 aromatic heterocycles. The van der Waals surface area contributed by atoms with Crippen LogP contribution >= 0.6 is 0 Å². The van der Waals surface area contributed by atoms with Crippen molar-refractivity contribution in [3.63, 3.8) is 0 Å². The molecule has 1 heterocycles. The summed E-state index contributed by atoms with van der Waals surface area (Å²) < 4.78 is 0. The van der Waals surface area contributed by atoms with Crippen LogP contribution in [0.25, 0.3) is 10.8 Å². The molecule has 0 spiro atoms. The van der Waals surface area contributed by atoms with Crippen molar-refractivity contribution in [3.05, 3.63) is 48.0 Å². The van der Waals surface area contributed by atoms with Crippen LogP contribution < -0.4 is 5.32 Å². The summed E-state index contributed by atoms with van der Waals surface area (Å²) in [7, 11) is 0. The Hall–Kier alpha value is -1.87. The number of piperazine rings is 1. The van der Waals surface area contributed by atoms with Gasteiger partial charge in [-0.25, -0.2) is 0 Å². The molecule has 1 aliphatic heterocycles. The quantitative estimate of drug-likeness (QED) is 0.908. The fourth-order valence-corrected chi connectivity index (χ4v) is 2.86. The van der Waals surface area contributed by atoms with Crippen LogP contribution in [0.3, 0.4) is 0 Å². The number of amides is 1. The highest BCUT2D eigenvalue weighted by Crippen LogP contribution is 2.22. The van der Waals surface area contributed by atoms with E-state index in [4.69, 9.17) is 0 Å². The SMILES string of the molecule is CC1(C)NCCN(Cc2cccc3ccccc23)C1=O. The van der Waals surface area contributed by atoms with Gasteiger partial charge in [-0.15, -0.1) is 0 Å². The second-order valence-electron chi connectivity index (χ2n) is 5.92. The standard InChI is InChI=1S/C17H20N2O/c1-17(2)16(20)19(11-10-18-17)12-14-8-5-7-13-6-3-4-9-15(13)14/h3-9,18H,10-12H2,1-2H3. The number of fused-ring (bicyclic) bond motifs is 1. The first-order valence-corrected chi connectivity index (χ1v) is 7.09. The van der Waals surface area contributed by atoms with Gasteiger partial charge < -0.3 is 10.2 Å². The number of hydrogen-bond acceptors (Lipinski definition) is 2. The van der Waals surface area contributed by atoms with E-state index in [0.29, 0.717) is 6.54 Å². The van der Waals surface area contributed by atoms with Crippen LogP contribution in [-0.4, -0.2) is 29.4 Å². The van der Waals surface area contributed by atoms with E-state index in [9.17, 15) is 4.79 Å². The summed E-state index contributed by atoms with van der Waals surface area (Å²) in [6.07, 6.45) is 0. The average Bonchev–Trinajstić information content (AvgIpc) is 2.44. The van der Waals surface area contributed by atoms with Crippen molar-refractivity contribution in [2.24, 2.45) is 0 Å². The van der Waals surface area contributed by atoms with E-state index in [1.165, 1.54) is 16.3 Å². The molecular formula is C17H20N2O. The third-order valence-electron chi connectivity index (χ3n) is 4.01. The monoisotopic (exact) mass is 268 g/mol. The predicted octanol–water partition coefficient (Wildman–Crippen LogP) is 2.55. The van der Waals surface area contributed by atoms with E-state index in [-0.39, 0.29) is 5.91 Å². The lowest BCUT2D eigenvalue weighted by atomic mass is 9.99. The van der Waals surface area contributed by atoms with Crippen LogP contribution in [0.5, 0.6) is 0 Å². The summed E-state index contributed by atoms with van der Waals surface area (Å²) >= 11 is 0. The Morgan fingerprint density at radius 2 is 1.90 bits per heavy atom. The zero-order valence-electron chi connectivity index (χ0n) is 12.0. The van der Waals surface area contributed by atoms with E-state index in [2.05, 4.69) is 41.7 Å². The molecule has 0 saturated carbocycles. The predicted molar refractivity (Wildman–Crippen MR) is 81.4 cm³/mol. The van der Waals surface area contributed by atoms with E-state index < -0.39 is 5.54 Å². The molecule has 3 nitrogen and oxygen atoms in total. The van der Waals surface area contributed by atoms with Crippen LogP contribution in [0.4, 0.5) is 0 Å². The molecule has 0 bridgehead atoms. The molecule has 0 radical (unpaired) electrons. The van der Waals surface area contributed by atoms with Crippen molar-refractivity contribution in [2.45, 2.75) is 25.9 Å². The Labute approximate surface area is 119 Å². The maximum absolute atomic E-state index is 12.5. The van der Waals surface area contributed by atoms with Crippen molar-refractivity contribution in [1.29, 1.82) is 0 Å². The number of hydrogen-bond donors (Lipinski definition) is 1. The second-order valence-corrected chi connectivity index (χ2v) is 5.92. The lowest BCUT2D eigenvalue weighted by Gasteiger charge is -2.38. The molecule has 0 unspecified atom stereocenters. The molecule has 20 heavy (non-hydrogen) atoms. The van der Waals surface area contributed by atoms with Gasteiger partial charge in [0.2, 0.25) is 5.91 Å². The lowest BCUT2D eigenvalue weighted by Crippen LogP contribution is -2.60. The fourth-order valence-electron chi connectivity index (χ4n) is 2.86. The van der Waals surface area contributed by atoms with Gasteiger partial charge in [0, 0.05) is 19.6 Å². The summed E-state index contributed by atoms with van der Waals surface area (Å²) in [6.45, 7) is 6.20. The molecule has 3 rings (SSSR count). The number of rotatable bonds is 2. The van der Waals surface area contributed by atoms with E-state index in [1.807, 2.05) is 24.8 Å². The van der Waals surface area contributed by atoms with Gasteiger partial charge in [0.1, 0.15) is 0 Å². The molecule has 1 aliphatic rings. The van der Waals surface area contributed by atoms with Gasteiger partial charge in [-0.05, 0) is 30.2 Å². The zero-order valence-corrected chi connectivity index (χ0v) is 12.0. The van der Waals surface area contributed by atoms with Gasteiger partial charge in [0.05, 0.1) is 5.54 Å². The highest BCUT2D eigenvalue weighted by Gasteiger charge is 2.35. The first-order chi connectivity index (χ1) is 9.58. The van der Waals surface area contributed by atoms with Crippen LogP contribution in [0.2, 0.25) is 0 Å². The Morgan fingerprint density at radius 3 is 2.75 bits per heavy atom. The van der Waals surface area contributed by atoms with Crippen molar-refractivity contribution < 1.29 is 4.79 Å². The number of nitrogens with zero attached hydrogens (tertiary/aromatic N) is 1. The van der Waals surface area contributed by atoms with E-state index in [1.54, 1.807) is 0 Å².